The molecule has 0 aromatic rings. The summed E-state index contributed by atoms with van der Waals surface area (Å²) in [6, 6.07) is 0.417. The smallest absolute Gasteiger partial charge is 0.224 e. The van der Waals surface area contributed by atoms with Crippen LogP contribution in [0.4, 0.5) is 0 Å². The largest absolute Gasteiger partial charge is 0.353 e. The van der Waals surface area contributed by atoms with Crippen LogP contribution in [0.1, 0.15) is 45.4 Å². The van der Waals surface area contributed by atoms with Gasteiger partial charge in [-0.25, -0.2) is 0 Å². The van der Waals surface area contributed by atoms with Crippen LogP contribution in [0.25, 0.3) is 0 Å². The number of hydrogen-bond donors (Lipinski definition) is 2. The van der Waals surface area contributed by atoms with Crippen molar-refractivity contribution < 1.29 is 4.79 Å². The molecule has 2 fully saturated rings. The summed E-state index contributed by atoms with van der Waals surface area (Å²) in [6.45, 7) is 2.35. The van der Waals surface area contributed by atoms with E-state index in [9.17, 15) is 4.79 Å². The Bertz CT molecular complexity index is 260. The molecule has 0 heterocycles. The summed E-state index contributed by atoms with van der Waals surface area (Å²) in [5.74, 6) is 1.94. The lowest BCUT2D eigenvalue weighted by atomic mass is 9.79. The molecule has 4 heteroatoms. The lowest BCUT2D eigenvalue weighted by molar-refractivity contribution is -0.125. The Morgan fingerprint density at radius 3 is 2.71 bits per heavy atom. The predicted octanol–water partition coefficient (Wildman–Crippen LogP) is 2.09. The summed E-state index contributed by atoms with van der Waals surface area (Å²) in [4.78, 5) is 11.7. The standard InChI is InChI=1S/C13H24N2O.ClH/c1-9(8-14)13(16)15-12-6-5-10-3-2-4-11(10)7-12;/h9-12H,2-8,14H2,1H3,(H,15,16);1H. The van der Waals surface area contributed by atoms with Gasteiger partial charge in [0.1, 0.15) is 0 Å². The van der Waals surface area contributed by atoms with Crippen molar-refractivity contribution in [2.45, 2.75) is 51.5 Å². The van der Waals surface area contributed by atoms with Crippen molar-refractivity contribution in [3.63, 3.8) is 0 Å². The molecular weight excluding hydrogens is 236 g/mol. The van der Waals surface area contributed by atoms with E-state index < -0.39 is 0 Å². The van der Waals surface area contributed by atoms with E-state index in [0.29, 0.717) is 12.6 Å². The average molecular weight is 261 g/mol. The van der Waals surface area contributed by atoms with E-state index in [1.54, 1.807) is 0 Å². The van der Waals surface area contributed by atoms with Gasteiger partial charge in [0.25, 0.3) is 0 Å². The third kappa shape index (κ3) is 3.59. The van der Waals surface area contributed by atoms with E-state index in [-0.39, 0.29) is 24.2 Å². The minimum absolute atomic E-state index is 0. The van der Waals surface area contributed by atoms with Gasteiger partial charge in [-0.2, -0.15) is 0 Å². The predicted molar refractivity (Wildman–Crippen MR) is 72.1 cm³/mol. The highest BCUT2D eigenvalue weighted by atomic mass is 35.5. The topological polar surface area (TPSA) is 55.1 Å². The minimum Gasteiger partial charge on any atom is -0.353 e. The van der Waals surface area contributed by atoms with Crippen molar-refractivity contribution in [2.75, 3.05) is 6.54 Å². The molecule has 2 rings (SSSR count). The van der Waals surface area contributed by atoms with Gasteiger partial charge >= 0.3 is 0 Å². The fourth-order valence-corrected chi connectivity index (χ4v) is 3.28. The van der Waals surface area contributed by atoms with Crippen LogP contribution in [0.5, 0.6) is 0 Å². The quantitative estimate of drug-likeness (QED) is 0.817. The van der Waals surface area contributed by atoms with Gasteiger partial charge < -0.3 is 11.1 Å². The molecule has 0 aliphatic heterocycles. The SMILES string of the molecule is CC(CN)C(=O)NC1CCC2CCCC2C1.Cl. The summed E-state index contributed by atoms with van der Waals surface area (Å²) in [5, 5.41) is 3.16. The van der Waals surface area contributed by atoms with Crippen LogP contribution in [0, 0.1) is 17.8 Å². The van der Waals surface area contributed by atoms with Crippen molar-refractivity contribution in [1.29, 1.82) is 0 Å². The number of nitrogens with two attached hydrogens (primary N) is 1. The number of fused-ring (bicyclic) bond motifs is 1. The molecule has 2 saturated carbocycles. The number of carbonyl (C=O) groups excluding carboxylic acids is 1. The normalized spacial score (nSPS) is 33.4. The number of carbonyl (C=O) groups is 1. The molecule has 0 aromatic carbocycles. The molecule has 17 heavy (non-hydrogen) atoms. The number of nitrogens with one attached hydrogen (secondary N) is 1. The first kappa shape index (κ1) is 14.8. The van der Waals surface area contributed by atoms with Crippen LogP contribution in [0.2, 0.25) is 0 Å². The Kier molecular flexibility index (Phi) is 5.74. The van der Waals surface area contributed by atoms with E-state index in [1.807, 2.05) is 6.92 Å². The maximum Gasteiger partial charge on any atom is 0.224 e. The first-order chi connectivity index (χ1) is 7.70. The van der Waals surface area contributed by atoms with Gasteiger partial charge in [-0.3, -0.25) is 4.79 Å². The first-order valence-corrected chi connectivity index (χ1v) is 6.71. The van der Waals surface area contributed by atoms with E-state index in [2.05, 4.69) is 5.32 Å². The van der Waals surface area contributed by atoms with Gasteiger partial charge in [-0.15, -0.1) is 12.4 Å². The second-order valence-electron chi connectivity index (χ2n) is 5.61. The third-order valence-electron chi connectivity index (χ3n) is 4.44. The minimum atomic E-state index is -0.0405. The fourth-order valence-electron chi connectivity index (χ4n) is 3.28. The molecule has 0 bridgehead atoms. The van der Waals surface area contributed by atoms with Crippen LogP contribution >= 0.6 is 12.4 Å². The lowest BCUT2D eigenvalue weighted by Crippen LogP contribution is -2.43. The second-order valence-corrected chi connectivity index (χ2v) is 5.61. The monoisotopic (exact) mass is 260 g/mol. The highest BCUT2D eigenvalue weighted by Gasteiger charge is 2.34. The maximum absolute atomic E-state index is 11.7. The molecule has 0 radical (unpaired) electrons. The van der Waals surface area contributed by atoms with Gasteiger partial charge in [0.2, 0.25) is 5.91 Å². The van der Waals surface area contributed by atoms with Crippen molar-refractivity contribution in [3.05, 3.63) is 0 Å². The zero-order chi connectivity index (χ0) is 11.5. The van der Waals surface area contributed by atoms with Gasteiger partial charge in [0, 0.05) is 18.5 Å². The van der Waals surface area contributed by atoms with Crippen molar-refractivity contribution in [3.8, 4) is 0 Å². The third-order valence-corrected chi connectivity index (χ3v) is 4.44. The number of halogens is 1. The van der Waals surface area contributed by atoms with E-state index >= 15 is 0 Å². The molecule has 100 valence electrons. The van der Waals surface area contributed by atoms with Crippen LogP contribution in [-0.2, 0) is 4.79 Å². The Morgan fingerprint density at radius 1 is 1.29 bits per heavy atom. The van der Waals surface area contributed by atoms with Crippen molar-refractivity contribution in [1.82, 2.24) is 5.32 Å². The Hall–Kier alpha value is -0.280. The van der Waals surface area contributed by atoms with Crippen molar-refractivity contribution >= 4 is 18.3 Å². The highest BCUT2D eigenvalue weighted by Crippen LogP contribution is 2.42. The Labute approximate surface area is 110 Å². The molecule has 2 aliphatic carbocycles. The zero-order valence-corrected chi connectivity index (χ0v) is 11.5. The van der Waals surface area contributed by atoms with Crippen LogP contribution in [0.15, 0.2) is 0 Å². The van der Waals surface area contributed by atoms with Gasteiger partial charge in [-0.1, -0.05) is 26.2 Å². The molecule has 2 aliphatic rings. The molecule has 4 unspecified atom stereocenters. The average Bonchev–Trinajstić information content (AvgIpc) is 2.75. The molecule has 1 amide bonds. The van der Waals surface area contributed by atoms with Crippen LogP contribution < -0.4 is 11.1 Å². The maximum atomic E-state index is 11.7. The van der Waals surface area contributed by atoms with Crippen LogP contribution in [-0.4, -0.2) is 18.5 Å². The zero-order valence-electron chi connectivity index (χ0n) is 10.7. The summed E-state index contributed by atoms with van der Waals surface area (Å²) in [5.41, 5.74) is 5.50. The highest BCUT2D eigenvalue weighted by molar-refractivity contribution is 5.85. The second kappa shape index (κ2) is 6.60. The molecule has 0 saturated heterocycles. The summed E-state index contributed by atoms with van der Waals surface area (Å²) < 4.78 is 0. The molecular formula is C13H25ClN2O. The number of rotatable bonds is 3. The Morgan fingerprint density at radius 2 is 2.00 bits per heavy atom. The van der Waals surface area contributed by atoms with E-state index in [4.69, 9.17) is 5.73 Å². The van der Waals surface area contributed by atoms with Gasteiger partial charge in [0.05, 0.1) is 0 Å². The summed E-state index contributed by atoms with van der Waals surface area (Å²) in [7, 11) is 0. The number of hydrogen-bond acceptors (Lipinski definition) is 2. The van der Waals surface area contributed by atoms with Crippen molar-refractivity contribution in [2.24, 2.45) is 23.5 Å². The molecule has 3 N–H and O–H groups in total. The van der Waals surface area contributed by atoms with Crippen LogP contribution in [0.3, 0.4) is 0 Å². The fraction of sp³-hybridized carbons (Fsp3) is 0.923. The molecule has 0 spiro atoms. The lowest BCUT2D eigenvalue weighted by Gasteiger charge is -2.32. The molecule has 4 atom stereocenters. The van der Waals surface area contributed by atoms with Gasteiger partial charge in [0.15, 0.2) is 0 Å². The molecule has 3 nitrogen and oxygen atoms in total. The first-order valence-electron chi connectivity index (χ1n) is 6.71. The molecule has 0 aromatic heterocycles. The van der Waals surface area contributed by atoms with Gasteiger partial charge in [-0.05, 0) is 31.1 Å². The number of amides is 1. The van der Waals surface area contributed by atoms with E-state index in [1.165, 1.54) is 38.5 Å². The summed E-state index contributed by atoms with van der Waals surface area (Å²) >= 11 is 0. The summed E-state index contributed by atoms with van der Waals surface area (Å²) in [6.07, 6.45) is 7.88. The Balaban J connectivity index is 0.00000144. The van der Waals surface area contributed by atoms with E-state index in [0.717, 1.165) is 11.8 Å².